The quantitative estimate of drug-likeness (QED) is 0.0208. The van der Waals surface area contributed by atoms with Crippen LogP contribution in [0.4, 0.5) is 0 Å². The maximum atomic E-state index is 13.2. The van der Waals surface area contributed by atoms with E-state index in [1.165, 1.54) is 19.3 Å². The first-order valence-corrected chi connectivity index (χ1v) is 27.4. The summed E-state index contributed by atoms with van der Waals surface area (Å²) < 4.78 is 22.6. The third kappa shape index (κ3) is 30.0. The average Bonchev–Trinajstić information content (AvgIpc) is 3.40. The lowest BCUT2D eigenvalue weighted by molar-refractivity contribution is -0.359. The van der Waals surface area contributed by atoms with Crippen LogP contribution in [0.1, 0.15) is 142 Å². The van der Waals surface area contributed by atoms with Crippen molar-refractivity contribution in [3.8, 4) is 0 Å². The summed E-state index contributed by atoms with van der Waals surface area (Å²) in [5, 5.41) is 86.8. The number of hydrogen-bond donors (Lipinski definition) is 9. The predicted octanol–water partition coefficient (Wildman–Crippen LogP) is 8.43. The van der Waals surface area contributed by atoms with Crippen molar-refractivity contribution in [3.63, 3.8) is 0 Å². The summed E-state index contributed by atoms with van der Waals surface area (Å²) in [6.07, 6.45) is 47.8. The number of rotatable bonds is 40. The van der Waals surface area contributed by atoms with E-state index >= 15 is 0 Å². The minimum atomic E-state index is -1.80. The summed E-state index contributed by atoms with van der Waals surface area (Å²) in [5.74, 6) is -0.305. The molecule has 12 unspecified atom stereocenters. The molecule has 2 aliphatic heterocycles. The Morgan fingerprint density at radius 1 is 0.500 bits per heavy atom. The van der Waals surface area contributed by atoms with Crippen LogP contribution < -0.4 is 5.32 Å². The lowest BCUT2D eigenvalue weighted by atomic mass is 9.97. The summed E-state index contributed by atoms with van der Waals surface area (Å²) in [4.78, 5) is 13.2. The fourth-order valence-corrected chi connectivity index (χ4v) is 7.86. The van der Waals surface area contributed by atoms with Crippen molar-refractivity contribution >= 4 is 5.91 Å². The third-order valence-corrected chi connectivity index (χ3v) is 12.3. The van der Waals surface area contributed by atoms with Crippen molar-refractivity contribution in [2.45, 2.75) is 216 Å². The van der Waals surface area contributed by atoms with Gasteiger partial charge in [-0.1, -0.05) is 160 Å². The molecule has 74 heavy (non-hydrogen) atoms. The Morgan fingerprint density at radius 3 is 1.43 bits per heavy atom. The maximum Gasteiger partial charge on any atom is 0.220 e. The zero-order valence-electron chi connectivity index (χ0n) is 44.5. The number of ether oxygens (including phenoxy) is 4. The number of allylic oxidation sites excluding steroid dienone is 21. The van der Waals surface area contributed by atoms with Gasteiger partial charge in [0.15, 0.2) is 12.6 Å². The minimum Gasteiger partial charge on any atom is -0.394 e. The van der Waals surface area contributed by atoms with E-state index < -0.39 is 86.8 Å². The second-order valence-corrected chi connectivity index (χ2v) is 18.6. The van der Waals surface area contributed by atoms with Gasteiger partial charge in [-0.05, 0) is 109 Å². The Balaban J connectivity index is 1.82. The van der Waals surface area contributed by atoms with Crippen LogP contribution in [0.3, 0.4) is 0 Å². The molecule has 12 atom stereocenters. The van der Waals surface area contributed by atoms with E-state index in [-0.39, 0.29) is 18.9 Å². The smallest absolute Gasteiger partial charge is 0.220 e. The first-order chi connectivity index (χ1) is 36.1. The molecule has 0 radical (unpaired) electrons. The van der Waals surface area contributed by atoms with Gasteiger partial charge in [0.2, 0.25) is 5.91 Å². The average molecular weight is 1040 g/mol. The second kappa shape index (κ2) is 44.3. The van der Waals surface area contributed by atoms with Gasteiger partial charge in [-0.3, -0.25) is 4.79 Å². The molecular weight excluding hydrogens is 943 g/mol. The molecule has 0 aromatic carbocycles. The molecular formula is C60H95NO13. The van der Waals surface area contributed by atoms with Crippen LogP contribution in [-0.4, -0.2) is 140 Å². The van der Waals surface area contributed by atoms with Gasteiger partial charge >= 0.3 is 0 Å². The van der Waals surface area contributed by atoms with E-state index in [9.17, 15) is 45.6 Å². The van der Waals surface area contributed by atoms with Crippen LogP contribution in [0.25, 0.3) is 0 Å². The van der Waals surface area contributed by atoms with Crippen molar-refractivity contribution in [3.05, 3.63) is 134 Å². The Hall–Kier alpha value is -3.87. The fourth-order valence-electron chi connectivity index (χ4n) is 7.86. The van der Waals surface area contributed by atoms with E-state index in [1.54, 1.807) is 6.08 Å². The van der Waals surface area contributed by atoms with Crippen molar-refractivity contribution in [2.75, 3.05) is 19.8 Å². The van der Waals surface area contributed by atoms with Crippen molar-refractivity contribution in [1.82, 2.24) is 5.32 Å². The lowest BCUT2D eigenvalue weighted by Crippen LogP contribution is -2.65. The number of carbonyl (C=O) groups excluding carboxylic acids is 1. The fraction of sp³-hybridized carbons (Fsp3) is 0.617. The molecule has 2 heterocycles. The summed E-state index contributed by atoms with van der Waals surface area (Å²) >= 11 is 0. The standard InChI is InChI=1S/C60H95NO13/c1-3-5-7-9-11-13-15-17-18-19-20-21-22-23-24-25-26-27-28-29-30-32-34-36-38-40-42-44-52(65)61-48(49(64)43-41-39-37-35-33-31-16-14-12-10-8-6-4-2)47-71-59-57(70)55(68)58(51(46-63)73-59)74-60-56(69)54(67)53(66)50(45-62)72-60/h5,7,11-14,17-18,20-21,23-24,26-27,29-30,33-36,41,43,48-51,53-60,62-64,66-70H,3-4,6,8-10,15-16,19,22,25,28,31-32,37-40,42,44-47H2,1-2H3,(H,61,65)/b7-5-,13-11-,14-12+,18-17-,21-20-,24-23-,27-26-,30-29-,35-33+,36-34-,43-41+. The molecule has 0 spiro atoms. The van der Waals surface area contributed by atoms with Crippen LogP contribution in [0.15, 0.2) is 134 Å². The van der Waals surface area contributed by atoms with Crippen molar-refractivity contribution in [1.29, 1.82) is 0 Å². The van der Waals surface area contributed by atoms with Gasteiger partial charge in [0.05, 0.1) is 32.0 Å². The van der Waals surface area contributed by atoms with Gasteiger partial charge in [0.1, 0.15) is 48.8 Å². The lowest BCUT2D eigenvalue weighted by Gasteiger charge is -2.46. The molecule has 2 fully saturated rings. The van der Waals surface area contributed by atoms with Gasteiger partial charge in [-0.15, -0.1) is 0 Å². The van der Waals surface area contributed by atoms with Gasteiger partial charge in [-0.25, -0.2) is 0 Å². The number of unbranched alkanes of at least 4 members (excludes halogenated alkanes) is 7. The van der Waals surface area contributed by atoms with Gasteiger partial charge in [0.25, 0.3) is 0 Å². The first kappa shape index (κ1) is 66.2. The van der Waals surface area contributed by atoms with Gasteiger partial charge < -0.3 is 65.1 Å². The second-order valence-electron chi connectivity index (χ2n) is 18.6. The van der Waals surface area contributed by atoms with Crippen LogP contribution in [0.5, 0.6) is 0 Å². The largest absolute Gasteiger partial charge is 0.394 e. The number of aliphatic hydroxyl groups is 8. The Kier molecular flexibility index (Phi) is 39.6. The first-order valence-electron chi connectivity index (χ1n) is 27.4. The van der Waals surface area contributed by atoms with Crippen LogP contribution in [0.2, 0.25) is 0 Å². The van der Waals surface area contributed by atoms with Crippen molar-refractivity contribution < 1.29 is 64.6 Å². The number of nitrogens with one attached hydrogen (secondary N) is 1. The summed E-state index contributed by atoms with van der Waals surface area (Å²) in [6.45, 7) is 2.55. The highest BCUT2D eigenvalue weighted by molar-refractivity contribution is 5.76. The van der Waals surface area contributed by atoms with E-state index in [0.29, 0.717) is 12.8 Å². The number of carbonyl (C=O) groups is 1. The monoisotopic (exact) mass is 1040 g/mol. The number of amides is 1. The maximum absolute atomic E-state index is 13.2. The molecule has 0 bridgehead atoms. The molecule has 0 aromatic heterocycles. The number of aliphatic hydroxyl groups excluding tert-OH is 8. The van der Waals surface area contributed by atoms with Crippen molar-refractivity contribution in [2.24, 2.45) is 0 Å². The molecule has 2 rings (SSSR count). The van der Waals surface area contributed by atoms with Crippen LogP contribution in [0, 0.1) is 0 Å². The predicted molar refractivity (Wildman–Crippen MR) is 295 cm³/mol. The minimum absolute atomic E-state index is 0.205. The molecule has 0 aliphatic carbocycles. The third-order valence-electron chi connectivity index (χ3n) is 12.3. The normalized spacial score (nSPS) is 26.3. The zero-order chi connectivity index (χ0) is 53.9. The highest BCUT2D eigenvalue weighted by Crippen LogP contribution is 2.30. The molecule has 9 N–H and O–H groups in total. The SMILES string of the molecule is CC/C=C\C/C=C\C/C=C\C/C=C\C/C=C\C/C=C\C/C=C\C/C=C\CCCCC(=O)NC(COC1OC(CO)C(OC2OC(CO)C(O)C(O)C2O)C(O)C1O)C(O)/C=C/CC/C=C/CC/C=C/CCCCC. The van der Waals surface area contributed by atoms with Gasteiger partial charge in [0, 0.05) is 6.42 Å². The molecule has 14 heteroatoms. The Labute approximate surface area is 443 Å². The number of hydrogen-bond acceptors (Lipinski definition) is 13. The topological polar surface area (TPSA) is 228 Å². The Bertz CT molecular complexity index is 1750. The molecule has 1 amide bonds. The summed E-state index contributed by atoms with van der Waals surface area (Å²) in [6, 6.07) is -0.971. The molecule has 14 nitrogen and oxygen atoms in total. The molecule has 0 saturated carbocycles. The van der Waals surface area contributed by atoms with Crippen LogP contribution in [-0.2, 0) is 23.7 Å². The molecule has 2 saturated heterocycles. The van der Waals surface area contributed by atoms with E-state index in [2.05, 4.69) is 141 Å². The molecule has 2 aliphatic rings. The van der Waals surface area contributed by atoms with E-state index in [0.717, 1.165) is 89.9 Å². The molecule has 418 valence electrons. The van der Waals surface area contributed by atoms with Crippen LogP contribution >= 0.6 is 0 Å². The van der Waals surface area contributed by atoms with Gasteiger partial charge in [-0.2, -0.15) is 0 Å². The zero-order valence-corrected chi connectivity index (χ0v) is 44.5. The summed E-state index contributed by atoms with van der Waals surface area (Å²) in [7, 11) is 0. The Morgan fingerprint density at radius 2 is 0.932 bits per heavy atom. The summed E-state index contributed by atoms with van der Waals surface area (Å²) in [5.41, 5.74) is 0. The van der Waals surface area contributed by atoms with E-state index in [1.807, 2.05) is 6.08 Å². The van der Waals surface area contributed by atoms with E-state index in [4.69, 9.17) is 18.9 Å². The highest BCUT2D eigenvalue weighted by atomic mass is 16.7. The highest BCUT2D eigenvalue weighted by Gasteiger charge is 2.51. The molecule has 0 aromatic rings.